The molecule has 8 heteroatoms. The molecule has 2 fully saturated rings. The molecule has 0 aromatic heterocycles. The van der Waals surface area contributed by atoms with Crippen molar-refractivity contribution in [3.8, 4) is 11.1 Å². The zero-order valence-electron chi connectivity index (χ0n) is 19.4. The molecule has 3 N–H and O–H groups in total. The first-order chi connectivity index (χ1) is 17.0. The lowest BCUT2D eigenvalue weighted by atomic mass is 9.85. The van der Waals surface area contributed by atoms with Gasteiger partial charge in [-0.1, -0.05) is 55.0 Å². The van der Waals surface area contributed by atoms with E-state index in [1.807, 2.05) is 24.3 Å². The highest BCUT2D eigenvalue weighted by Crippen LogP contribution is 2.44. The second-order valence-corrected chi connectivity index (χ2v) is 9.71. The zero-order valence-corrected chi connectivity index (χ0v) is 19.4. The first kappa shape index (κ1) is 23.4. The number of amides is 2. The molecule has 2 saturated carbocycles. The third-order valence-electron chi connectivity index (χ3n) is 7.29. The molecule has 0 saturated heterocycles. The highest BCUT2D eigenvalue weighted by atomic mass is 16.7. The number of hydrogen-bond acceptors (Lipinski definition) is 5. The fourth-order valence-corrected chi connectivity index (χ4v) is 5.32. The Bertz CT molecular complexity index is 1070. The van der Waals surface area contributed by atoms with Gasteiger partial charge >= 0.3 is 12.1 Å². The van der Waals surface area contributed by atoms with E-state index in [-0.39, 0.29) is 36.3 Å². The van der Waals surface area contributed by atoms with E-state index in [1.54, 1.807) is 0 Å². The zero-order chi connectivity index (χ0) is 24.4. The van der Waals surface area contributed by atoms with E-state index in [4.69, 9.17) is 9.57 Å². The molecule has 3 atom stereocenters. The molecular formula is C27H30N2O6. The largest absolute Gasteiger partial charge is 0.479 e. The van der Waals surface area contributed by atoms with Crippen molar-refractivity contribution in [2.45, 2.75) is 56.6 Å². The van der Waals surface area contributed by atoms with Gasteiger partial charge < -0.3 is 15.2 Å². The molecule has 184 valence electrons. The third kappa shape index (κ3) is 5.17. The van der Waals surface area contributed by atoms with Crippen LogP contribution in [-0.2, 0) is 19.2 Å². The highest BCUT2D eigenvalue weighted by molar-refractivity contribution is 5.80. The van der Waals surface area contributed by atoms with E-state index < -0.39 is 18.2 Å². The lowest BCUT2D eigenvalue weighted by Gasteiger charge is -2.29. The number of carbonyl (C=O) groups excluding carboxylic acids is 2. The average Bonchev–Trinajstić information content (AvgIpc) is 3.65. The molecule has 8 nitrogen and oxygen atoms in total. The van der Waals surface area contributed by atoms with E-state index in [1.165, 1.54) is 11.1 Å². The van der Waals surface area contributed by atoms with Crippen molar-refractivity contribution in [1.29, 1.82) is 0 Å². The SMILES string of the molecule is O=C(N[C@@H]1CCC[C@H](C(=O)NOC(C(=O)O)C2CC2)C1)OCC1c2ccccc2-c2ccccc21. The topological polar surface area (TPSA) is 114 Å². The number of aliphatic carboxylic acids is 1. The minimum absolute atomic E-state index is 0.0103. The second-order valence-electron chi connectivity index (χ2n) is 9.71. The Morgan fingerprint density at radius 2 is 1.60 bits per heavy atom. The molecule has 0 aliphatic heterocycles. The first-order valence-corrected chi connectivity index (χ1v) is 12.3. The van der Waals surface area contributed by atoms with E-state index in [0.717, 1.165) is 36.8 Å². The van der Waals surface area contributed by atoms with Crippen LogP contribution < -0.4 is 10.8 Å². The number of fused-ring (bicyclic) bond motifs is 3. The van der Waals surface area contributed by atoms with Gasteiger partial charge in [0.1, 0.15) is 6.61 Å². The van der Waals surface area contributed by atoms with Gasteiger partial charge in [-0.05, 0) is 60.3 Å². The summed E-state index contributed by atoms with van der Waals surface area (Å²) < 4.78 is 5.64. The van der Waals surface area contributed by atoms with Gasteiger partial charge in [-0.25, -0.2) is 15.1 Å². The maximum atomic E-state index is 12.6. The fraction of sp³-hybridized carbons (Fsp3) is 0.444. The number of rotatable bonds is 8. The van der Waals surface area contributed by atoms with Crippen LogP contribution in [0.15, 0.2) is 48.5 Å². The number of alkyl carbamates (subject to hydrolysis) is 1. The van der Waals surface area contributed by atoms with Gasteiger partial charge in [0, 0.05) is 17.9 Å². The number of benzene rings is 2. The van der Waals surface area contributed by atoms with Crippen LogP contribution in [0.25, 0.3) is 11.1 Å². The Labute approximate surface area is 204 Å². The number of carboxylic acids is 1. The Kier molecular flexibility index (Phi) is 6.72. The molecule has 2 amide bonds. The summed E-state index contributed by atoms with van der Waals surface area (Å²) in [6, 6.07) is 16.2. The maximum absolute atomic E-state index is 12.6. The van der Waals surface area contributed by atoms with Gasteiger partial charge in [0.05, 0.1) is 0 Å². The smallest absolute Gasteiger partial charge is 0.407 e. The minimum Gasteiger partial charge on any atom is -0.479 e. The van der Waals surface area contributed by atoms with E-state index in [2.05, 4.69) is 35.1 Å². The molecule has 35 heavy (non-hydrogen) atoms. The first-order valence-electron chi connectivity index (χ1n) is 12.3. The summed E-state index contributed by atoms with van der Waals surface area (Å²) in [6.07, 6.45) is 2.75. The van der Waals surface area contributed by atoms with Crippen molar-refractivity contribution in [3.05, 3.63) is 59.7 Å². The van der Waals surface area contributed by atoms with Crippen molar-refractivity contribution in [1.82, 2.24) is 10.8 Å². The van der Waals surface area contributed by atoms with Crippen molar-refractivity contribution in [2.75, 3.05) is 6.61 Å². The summed E-state index contributed by atoms with van der Waals surface area (Å²) >= 11 is 0. The predicted octanol–water partition coefficient (Wildman–Crippen LogP) is 3.99. The van der Waals surface area contributed by atoms with Crippen LogP contribution in [0, 0.1) is 11.8 Å². The quantitative estimate of drug-likeness (QED) is 0.494. The normalized spacial score (nSPS) is 21.9. The minimum atomic E-state index is -1.06. The monoisotopic (exact) mass is 478 g/mol. The highest BCUT2D eigenvalue weighted by Gasteiger charge is 2.39. The number of ether oxygens (including phenoxy) is 1. The van der Waals surface area contributed by atoms with Crippen LogP contribution in [0.4, 0.5) is 4.79 Å². The number of carboxylic acid groups (broad SMARTS) is 1. The van der Waals surface area contributed by atoms with Crippen molar-refractivity contribution in [3.63, 3.8) is 0 Å². The molecule has 5 rings (SSSR count). The van der Waals surface area contributed by atoms with Crippen molar-refractivity contribution < 1.29 is 29.1 Å². The Balaban J connectivity index is 1.12. The summed E-state index contributed by atoms with van der Waals surface area (Å²) in [6.45, 7) is 0.238. The molecule has 2 aromatic carbocycles. The van der Waals surface area contributed by atoms with Crippen LogP contribution in [0.3, 0.4) is 0 Å². The third-order valence-corrected chi connectivity index (χ3v) is 7.29. The molecular weight excluding hydrogens is 448 g/mol. The van der Waals surface area contributed by atoms with Gasteiger partial charge in [0.25, 0.3) is 0 Å². The van der Waals surface area contributed by atoms with Crippen LogP contribution >= 0.6 is 0 Å². The Morgan fingerprint density at radius 1 is 0.943 bits per heavy atom. The molecule has 0 heterocycles. The number of hydroxylamine groups is 1. The number of carbonyl (C=O) groups is 3. The molecule has 0 spiro atoms. The maximum Gasteiger partial charge on any atom is 0.407 e. The summed E-state index contributed by atoms with van der Waals surface area (Å²) in [5.74, 6) is -1.80. The van der Waals surface area contributed by atoms with Crippen molar-refractivity contribution >= 4 is 18.0 Å². The molecule has 3 aliphatic carbocycles. The van der Waals surface area contributed by atoms with Gasteiger partial charge in [-0.2, -0.15) is 0 Å². The lowest BCUT2D eigenvalue weighted by molar-refractivity contribution is -0.164. The van der Waals surface area contributed by atoms with E-state index >= 15 is 0 Å². The number of nitrogens with one attached hydrogen (secondary N) is 2. The van der Waals surface area contributed by atoms with Crippen LogP contribution in [0.2, 0.25) is 0 Å². The Morgan fingerprint density at radius 3 is 2.23 bits per heavy atom. The molecule has 1 unspecified atom stereocenters. The summed E-state index contributed by atoms with van der Waals surface area (Å²) in [5.41, 5.74) is 7.00. The van der Waals surface area contributed by atoms with Gasteiger partial charge in [0.15, 0.2) is 6.10 Å². The summed E-state index contributed by atoms with van der Waals surface area (Å²) in [7, 11) is 0. The van der Waals surface area contributed by atoms with E-state index in [9.17, 15) is 19.5 Å². The molecule has 0 radical (unpaired) electrons. The molecule has 3 aliphatic rings. The predicted molar refractivity (Wildman–Crippen MR) is 127 cm³/mol. The van der Waals surface area contributed by atoms with E-state index in [0.29, 0.717) is 12.8 Å². The lowest BCUT2D eigenvalue weighted by Crippen LogP contribution is -2.44. The van der Waals surface area contributed by atoms with Gasteiger partial charge in [-0.3, -0.25) is 9.63 Å². The summed E-state index contributed by atoms with van der Waals surface area (Å²) in [4.78, 5) is 41.7. The van der Waals surface area contributed by atoms with Crippen LogP contribution in [0.5, 0.6) is 0 Å². The van der Waals surface area contributed by atoms with Crippen LogP contribution in [-0.4, -0.2) is 41.8 Å². The van der Waals surface area contributed by atoms with Gasteiger partial charge in [-0.15, -0.1) is 0 Å². The Hall–Kier alpha value is -3.39. The average molecular weight is 479 g/mol. The molecule has 2 aromatic rings. The van der Waals surface area contributed by atoms with Crippen molar-refractivity contribution in [2.24, 2.45) is 11.8 Å². The van der Waals surface area contributed by atoms with Crippen LogP contribution in [0.1, 0.15) is 55.6 Å². The fourth-order valence-electron chi connectivity index (χ4n) is 5.32. The second kappa shape index (κ2) is 10.1. The standard InChI is InChI=1S/C27H30N2O6/c30-25(29-35-24(26(31)32)16-12-13-16)17-6-5-7-18(14-17)28-27(33)34-15-23-21-10-3-1-8-19(21)20-9-2-4-11-22(20)23/h1-4,8-11,16-18,23-24H,5-7,12-15H2,(H,28,33)(H,29,30)(H,31,32)/t17-,18+,24?/m0/s1. The summed E-state index contributed by atoms with van der Waals surface area (Å²) in [5, 5.41) is 12.2. The molecule has 0 bridgehead atoms. The van der Waals surface area contributed by atoms with Gasteiger partial charge in [0.2, 0.25) is 5.91 Å². The number of hydrogen-bond donors (Lipinski definition) is 3.